The minimum absolute atomic E-state index is 0.270. The molecular weight excluding hydrogens is 221 g/mol. The quantitative estimate of drug-likeness (QED) is 0.853. The molecule has 1 atom stereocenters. The molecule has 1 aliphatic rings. The Morgan fingerprint density at radius 2 is 2.35 bits per heavy atom. The lowest BCUT2D eigenvalue weighted by Crippen LogP contribution is -2.26. The maximum Gasteiger partial charge on any atom is 0.165 e. The average Bonchev–Trinajstić information content (AvgIpc) is 2.82. The van der Waals surface area contributed by atoms with Crippen molar-refractivity contribution in [2.45, 2.75) is 25.5 Å². The normalized spacial score (nSPS) is 19.5. The summed E-state index contributed by atoms with van der Waals surface area (Å²) in [5, 5.41) is 3.35. The maximum absolute atomic E-state index is 13.4. The molecule has 4 heteroatoms. The van der Waals surface area contributed by atoms with E-state index in [1.54, 1.807) is 6.07 Å². The second-order valence-corrected chi connectivity index (χ2v) is 4.28. The molecule has 3 nitrogen and oxygen atoms in total. The molecule has 0 spiro atoms. The van der Waals surface area contributed by atoms with Crippen LogP contribution in [-0.4, -0.2) is 26.3 Å². The zero-order valence-corrected chi connectivity index (χ0v) is 10.0. The van der Waals surface area contributed by atoms with Crippen LogP contribution in [0, 0.1) is 5.82 Å². The van der Waals surface area contributed by atoms with Crippen molar-refractivity contribution in [2.75, 3.05) is 20.3 Å². The van der Waals surface area contributed by atoms with E-state index in [0.29, 0.717) is 19.3 Å². The number of benzene rings is 1. The van der Waals surface area contributed by atoms with Gasteiger partial charge in [0.25, 0.3) is 0 Å². The Bertz CT molecular complexity index is 364. The van der Waals surface area contributed by atoms with Crippen molar-refractivity contribution in [1.82, 2.24) is 5.32 Å². The van der Waals surface area contributed by atoms with E-state index in [1.807, 2.05) is 6.07 Å². The van der Waals surface area contributed by atoms with E-state index in [0.717, 1.165) is 18.5 Å². The number of halogens is 1. The highest BCUT2D eigenvalue weighted by atomic mass is 19.1. The lowest BCUT2D eigenvalue weighted by atomic mass is 10.2. The number of hydrogen-bond donors (Lipinski definition) is 1. The third-order valence-corrected chi connectivity index (χ3v) is 2.97. The molecule has 94 valence electrons. The van der Waals surface area contributed by atoms with Crippen molar-refractivity contribution in [3.63, 3.8) is 0 Å². The summed E-state index contributed by atoms with van der Waals surface area (Å²) in [5.41, 5.74) is 0.835. The molecule has 1 aliphatic heterocycles. The minimum atomic E-state index is -0.340. The fourth-order valence-corrected chi connectivity index (χ4v) is 2.02. The van der Waals surface area contributed by atoms with Gasteiger partial charge in [0.05, 0.1) is 20.3 Å². The first-order chi connectivity index (χ1) is 8.29. The van der Waals surface area contributed by atoms with Crippen molar-refractivity contribution in [3.05, 3.63) is 29.6 Å². The van der Waals surface area contributed by atoms with Crippen molar-refractivity contribution in [3.8, 4) is 5.75 Å². The van der Waals surface area contributed by atoms with Crippen molar-refractivity contribution >= 4 is 0 Å². The van der Waals surface area contributed by atoms with E-state index < -0.39 is 0 Å². The van der Waals surface area contributed by atoms with Crippen LogP contribution in [0.15, 0.2) is 18.2 Å². The molecule has 1 heterocycles. The van der Waals surface area contributed by atoms with Crippen molar-refractivity contribution < 1.29 is 13.9 Å². The van der Waals surface area contributed by atoms with Gasteiger partial charge in [-0.05, 0) is 37.1 Å². The predicted molar refractivity (Wildman–Crippen MR) is 63.6 cm³/mol. The lowest BCUT2D eigenvalue weighted by Gasteiger charge is -2.11. The van der Waals surface area contributed by atoms with Gasteiger partial charge in [-0.3, -0.25) is 0 Å². The summed E-state index contributed by atoms with van der Waals surface area (Å²) >= 11 is 0. The summed E-state index contributed by atoms with van der Waals surface area (Å²) in [5.74, 6) is -0.0706. The molecule has 0 saturated carbocycles. The summed E-state index contributed by atoms with van der Waals surface area (Å²) in [6.07, 6.45) is 2.38. The van der Waals surface area contributed by atoms with E-state index in [-0.39, 0.29) is 11.6 Å². The smallest absolute Gasteiger partial charge is 0.165 e. The Morgan fingerprint density at radius 3 is 3.00 bits per heavy atom. The van der Waals surface area contributed by atoms with E-state index >= 15 is 0 Å². The highest BCUT2D eigenvalue weighted by Gasteiger charge is 2.13. The first kappa shape index (κ1) is 12.3. The number of methoxy groups -OCH3 is 1. The molecule has 1 aromatic rings. The van der Waals surface area contributed by atoms with Gasteiger partial charge < -0.3 is 14.8 Å². The highest BCUT2D eigenvalue weighted by Crippen LogP contribution is 2.18. The number of hydrogen-bond acceptors (Lipinski definition) is 3. The Hall–Kier alpha value is -1.13. The zero-order valence-electron chi connectivity index (χ0n) is 10.0. The Balaban J connectivity index is 1.80. The molecule has 0 amide bonds. The van der Waals surface area contributed by atoms with Gasteiger partial charge >= 0.3 is 0 Å². The van der Waals surface area contributed by atoms with Gasteiger partial charge in [-0.15, -0.1) is 0 Å². The molecule has 2 rings (SSSR count). The van der Waals surface area contributed by atoms with Gasteiger partial charge in [0.2, 0.25) is 0 Å². The first-order valence-corrected chi connectivity index (χ1v) is 5.93. The number of nitrogens with one attached hydrogen (secondary N) is 1. The van der Waals surface area contributed by atoms with Crippen LogP contribution in [0.1, 0.15) is 18.4 Å². The van der Waals surface area contributed by atoms with E-state index in [2.05, 4.69) is 5.32 Å². The van der Waals surface area contributed by atoms with Gasteiger partial charge in [0, 0.05) is 6.04 Å². The summed E-state index contributed by atoms with van der Waals surface area (Å²) in [7, 11) is 1.46. The van der Waals surface area contributed by atoms with Crippen LogP contribution in [0.3, 0.4) is 0 Å². The van der Waals surface area contributed by atoms with Crippen LogP contribution < -0.4 is 10.1 Å². The molecule has 1 saturated heterocycles. The predicted octanol–water partition coefficient (Wildman–Crippen LogP) is 2.10. The molecule has 0 bridgehead atoms. The molecule has 0 radical (unpaired) electrons. The summed E-state index contributed by atoms with van der Waals surface area (Å²) < 4.78 is 23.8. The van der Waals surface area contributed by atoms with Crippen LogP contribution >= 0.6 is 0 Å². The molecule has 0 aliphatic carbocycles. The highest BCUT2D eigenvalue weighted by molar-refractivity contribution is 5.28. The fraction of sp³-hybridized carbons (Fsp3) is 0.538. The topological polar surface area (TPSA) is 30.5 Å². The van der Waals surface area contributed by atoms with Crippen LogP contribution in [0.4, 0.5) is 4.39 Å². The Kier molecular flexibility index (Phi) is 4.34. The molecule has 17 heavy (non-hydrogen) atoms. The lowest BCUT2D eigenvalue weighted by molar-refractivity contribution is 0.103. The second kappa shape index (κ2) is 5.98. The number of ether oxygens (including phenoxy) is 2. The third kappa shape index (κ3) is 3.41. The monoisotopic (exact) mass is 239 g/mol. The Morgan fingerprint density at radius 1 is 1.47 bits per heavy atom. The van der Waals surface area contributed by atoms with E-state index in [4.69, 9.17) is 9.47 Å². The third-order valence-electron chi connectivity index (χ3n) is 2.97. The van der Waals surface area contributed by atoms with E-state index in [1.165, 1.54) is 19.6 Å². The zero-order chi connectivity index (χ0) is 12.1. The van der Waals surface area contributed by atoms with Gasteiger partial charge in [-0.1, -0.05) is 6.07 Å². The average molecular weight is 239 g/mol. The van der Waals surface area contributed by atoms with Crippen molar-refractivity contribution in [2.24, 2.45) is 0 Å². The summed E-state index contributed by atoms with van der Waals surface area (Å²) in [6.45, 7) is 2.21. The molecule has 1 unspecified atom stereocenters. The first-order valence-electron chi connectivity index (χ1n) is 5.93. The fourth-order valence-electron chi connectivity index (χ4n) is 2.02. The van der Waals surface area contributed by atoms with Crippen LogP contribution in [-0.2, 0) is 11.3 Å². The van der Waals surface area contributed by atoms with Crippen molar-refractivity contribution in [1.29, 1.82) is 0 Å². The van der Waals surface area contributed by atoms with Gasteiger partial charge in [-0.25, -0.2) is 4.39 Å². The largest absolute Gasteiger partial charge is 0.494 e. The van der Waals surface area contributed by atoms with Crippen LogP contribution in [0.2, 0.25) is 0 Å². The molecule has 1 fully saturated rings. The number of rotatable bonds is 5. The maximum atomic E-state index is 13.4. The second-order valence-electron chi connectivity index (χ2n) is 4.28. The van der Waals surface area contributed by atoms with Crippen LogP contribution in [0.5, 0.6) is 5.75 Å². The standard InChI is InChI=1S/C13H18FNO2/c1-16-13-5-4-10(7-12(13)14)8-17-9-11-3-2-6-15-11/h4-5,7,11,15H,2-3,6,8-9H2,1H3. The molecule has 1 aromatic carbocycles. The molecule has 0 aromatic heterocycles. The Labute approximate surface area is 101 Å². The SMILES string of the molecule is COc1ccc(COCC2CCCN2)cc1F. The van der Waals surface area contributed by atoms with Crippen LogP contribution in [0.25, 0.3) is 0 Å². The van der Waals surface area contributed by atoms with Gasteiger partial charge in [0.1, 0.15) is 0 Å². The minimum Gasteiger partial charge on any atom is -0.494 e. The van der Waals surface area contributed by atoms with Gasteiger partial charge in [-0.2, -0.15) is 0 Å². The van der Waals surface area contributed by atoms with E-state index in [9.17, 15) is 4.39 Å². The van der Waals surface area contributed by atoms with Gasteiger partial charge in [0.15, 0.2) is 11.6 Å². The molecular formula is C13H18FNO2. The summed E-state index contributed by atoms with van der Waals surface area (Å²) in [4.78, 5) is 0. The summed E-state index contributed by atoms with van der Waals surface area (Å²) in [6, 6.07) is 5.37. The molecule has 1 N–H and O–H groups in total.